The monoisotopic (exact) mass is 540 g/mol. The second-order valence-corrected chi connectivity index (χ2v) is 9.13. The number of hydrogen-bond acceptors (Lipinski definition) is 5. The van der Waals surface area contributed by atoms with Crippen LogP contribution in [0.25, 0.3) is 0 Å². The number of piperazine rings is 1. The van der Waals surface area contributed by atoms with Gasteiger partial charge in [0.1, 0.15) is 8.64 Å². The van der Waals surface area contributed by atoms with E-state index in [2.05, 4.69) is 65.7 Å². The molecule has 0 aromatic carbocycles. The topological polar surface area (TPSA) is 74.1 Å². The molecule has 1 fully saturated rings. The maximum absolute atomic E-state index is 4.82. The predicted molar refractivity (Wildman–Crippen MR) is 148 cm³/mol. The van der Waals surface area contributed by atoms with Crippen molar-refractivity contribution in [2.24, 2.45) is 5.73 Å². The van der Waals surface area contributed by atoms with Crippen molar-refractivity contribution in [3.63, 3.8) is 0 Å². The van der Waals surface area contributed by atoms with Gasteiger partial charge in [0, 0.05) is 49.8 Å². The number of hydrogen-bond donors (Lipinski definition) is 7. The van der Waals surface area contributed by atoms with Crippen molar-refractivity contribution in [1.82, 2.24) is 21.3 Å². The van der Waals surface area contributed by atoms with E-state index < -0.39 is 0 Å². The molecule has 0 bridgehead atoms. The summed E-state index contributed by atoms with van der Waals surface area (Å²) in [4.78, 5) is 0. The van der Waals surface area contributed by atoms with Crippen molar-refractivity contribution >= 4 is 58.3 Å². The SMILES string of the molecule is C1CNCCN1.CCCCCCCCCCCCNC(=S)S.CNC.NC(=S)S.[Mn]. The summed E-state index contributed by atoms with van der Waals surface area (Å²) < 4.78 is 0.816. The van der Waals surface area contributed by atoms with E-state index in [0.717, 1.165) is 32.7 Å². The zero-order valence-electron chi connectivity index (χ0n) is 19.3. The van der Waals surface area contributed by atoms with Crippen LogP contribution in [0.15, 0.2) is 0 Å². The van der Waals surface area contributed by atoms with Gasteiger partial charge >= 0.3 is 0 Å². The molecule has 1 rings (SSSR count). The molecule has 1 radical (unpaired) electrons. The summed E-state index contributed by atoms with van der Waals surface area (Å²) in [6.45, 7) is 7.81. The Hall–Kier alpha value is 0.879. The van der Waals surface area contributed by atoms with Gasteiger partial charge in [-0.3, -0.25) is 0 Å². The van der Waals surface area contributed by atoms with Gasteiger partial charge in [0.05, 0.1) is 0 Å². The molecule has 0 saturated carbocycles. The molecule has 0 aromatic heterocycles. The summed E-state index contributed by atoms with van der Waals surface area (Å²) in [5, 5.41) is 12.3. The maximum atomic E-state index is 4.82. The second kappa shape index (κ2) is 37.2. The largest absolute Gasteiger partial charge is 0.385 e. The summed E-state index contributed by atoms with van der Waals surface area (Å²) in [5.41, 5.74) is 4.71. The van der Waals surface area contributed by atoms with Crippen LogP contribution >= 0.6 is 49.7 Å². The van der Waals surface area contributed by atoms with E-state index in [4.69, 9.17) is 18.0 Å². The molecular formula is C20H47MnN5S4. The Bertz CT molecular complexity index is 321. The van der Waals surface area contributed by atoms with Crippen molar-refractivity contribution in [2.75, 3.05) is 46.8 Å². The van der Waals surface area contributed by atoms with E-state index in [-0.39, 0.29) is 21.4 Å². The van der Waals surface area contributed by atoms with Gasteiger partial charge in [-0.15, -0.1) is 25.3 Å². The Labute approximate surface area is 219 Å². The van der Waals surface area contributed by atoms with E-state index in [1.807, 2.05) is 14.1 Å². The average molecular weight is 541 g/mol. The zero-order chi connectivity index (χ0) is 22.6. The maximum Gasteiger partial charge on any atom is 0.130 e. The summed E-state index contributed by atoms with van der Waals surface area (Å²) in [5.74, 6) is 0. The van der Waals surface area contributed by atoms with E-state index in [9.17, 15) is 0 Å². The molecule has 183 valence electrons. The van der Waals surface area contributed by atoms with Crippen LogP contribution < -0.4 is 27.0 Å². The molecule has 10 heteroatoms. The van der Waals surface area contributed by atoms with Crippen molar-refractivity contribution in [1.29, 1.82) is 0 Å². The fraction of sp³-hybridized carbons (Fsp3) is 0.900. The van der Waals surface area contributed by atoms with Gasteiger partial charge in [-0.2, -0.15) is 0 Å². The van der Waals surface area contributed by atoms with Crippen LogP contribution in [0.3, 0.4) is 0 Å². The van der Waals surface area contributed by atoms with Crippen molar-refractivity contribution < 1.29 is 17.1 Å². The standard InChI is InChI=1S/C13H27NS2.C4H10N2.C2H7N.CH3NS2.Mn/c1-2-3-4-5-6-7-8-9-10-11-12-14-13(15)16;1-2-6-4-3-5-1;1-3-2;2-1(3)4;/h2-12H2,1H3,(H2,14,15,16);5-6H,1-4H2;3H,1-2H3;(H3,2,3,4);. The number of thiol groups is 2. The quantitative estimate of drug-likeness (QED) is 0.0928. The van der Waals surface area contributed by atoms with Crippen LogP contribution in [-0.4, -0.2) is 55.5 Å². The Morgan fingerprint density at radius 1 is 0.800 bits per heavy atom. The summed E-state index contributed by atoms with van der Waals surface area (Å²) >= 11 is 16.5. The van der Waals surface area contributed by atoms with Gasteiger partial charge in [-0.25, -0.2) is 0 Å². The fourth-order valence-electron chi connectivity index (χ4n) is 2.41. The third kappa shape index (κ3) is 56.8. The molecular weight excluding hydrogens is 493 g/mol. The van der Waals surface area contributed by atoms with Crippen LogP contribution in [-0.2, 0) is 17.1 Å². The first-order chi connectivity index (χ1) is 13.9. The van der Waals surface area contributed by atoms with E-state index in [1.165, 1.54) is 64.2 Å². The molecule has 0 amide bonds. The van der Waals surface area contributed by atoms with Gasteiger partial charge in [-0.05, 0) is 20.5 Å². The fourth-order valence-corrected chi connectivity index (χ4v) is 2.63. The third-order valence-electron chi connectivity index (χ3n) is 3.76. The number of rotatable bonds is 11. The second-order valence-electron chi connectivity index (χ2n) is 6.75. The van der Waals surface area contributed by atoms with Gasteiger partial charge in [0.2, 0.25) is 0 Å². The normalized spacial score (nSPS) is 11.8. The number of thiocarbonyl (C=S) groups is 2. The van der Waals surface area contributed by atoms with Crippen LogP contribution in [0.5, 0.6) is 0 Å². The van der Waals surface area contributed by atoms with Gasteiger partial charge in [0.25, 0.3) is 0 Å². The molecule has 1 aliphatic rings. The first-order valence-corrected chi connectivity index (χ1v) is 12.6. The molecule has 0 aromatic rings. The average Bonchev–Trinajstić information content (AvgIpc) is 2.68. The Morgan fingerprint density at radius 3 is 1.37 bits per heavy atom. The van der Waals surface area contributed by atoms with Gasteiger partial charge in [0.15, 0.2) is 0 Å². The minimum Gasteiger partial charge on any atom is -0.385 e. The first kappa shape index (κ1) is 38.2. The van der Waals surface area contributed by atoms with Crippen LogP contribution in [0.2, 0.25) is 0 Å². The molecule has 0 atom stereocenters. The molecule has 1 saturated heterocycles. The third-order valence-corrected chi connectivity index (χ3v) is 4.07. The minimum absolute atomic E-state index is 0. The predicted octanol–water partition coefficient (Wildman–Crippen LogP) is 3.88. The van der Waals surface area contributed by atoms with Crippen LogP contribution in [0, 0.1) is 0 Å². The van der Waals surface area contributed by atoms with Crippen molar-refractivity contribution in [3.05, 3.63) is 0 Å². The van der Waals surface area contributed by atoms with Crippen molar-refractivity contribution in [2.45, 2.75) is 71.1 Å². The summed E-state index contributed by atoms with van der Waals surface area (Å²) in [6, 6.07) is 0. The zero-order valence-corrected chi connectivity index (χ0v) is 23.9. The molecule has 6 N–H and O–H groups in total. The summed E-state index contributed by atoms with van der Waals surface area (Å²) in [6.07, 6.45) is 13.8. The Kier molecular flexibility index (Phi) is 47.3. The first-order valence-electron chi connectivity index (χ1n) is 10.9. The smallest absolute Gasteiger partial charge is 0.130 e. The Morgan fingerprint density at radius 2 is 1.10 bits per heavy atom. The van der Waals surface area contributed by atoms with Crippen LogP contribution in [0.4, 0.5) is 0 Å². The van der Waals surface area contributed by atoms with Crippen LogP contribution in [0.1, 0.15) is 71.1 Å². The molecule has 0 unspecified atom stereocenters. The van der Waals surface area contributed by atoms with E-state index >= 15 is 0 Å². The van der Waals surface area contributed by atoms with Gasteiger partial charge < -0.3 is 27.0 Å². The molecule has 5 nitrogen and oxygen atoms in total. The number of nitrogens with two attached hydrogens (primary N) is 1. The molecule has 1 heterocycles. The molecule has 1 aliphatic heterocycles. The summed E-state index contributed by atoms with van der Waals surface area (Å²) in [7, 11) is 3.75. The van der Waals surface area contributed by atoms with E-state index in [0.29, 0.717) is 4.32 Å². The molecule has 0 aliphatic carbocycles. The molecule has 30 heavy (non-hydrogen) atoms. The number of nitrogens with one attached hydrogen (secondary N) is 4. The Balaban J connectivity index is -0.000000196. The molecule has 0 spiro atoms. The number of unbranched alkanes of at least 4 members (excludes halogenated alkanes) is 9. The van der Waals surface area contributed by atoms with Crippen molar-refractivity contribution in [3.8, 4) is 0 Å². The minimum atomic E-state index is 0. The van der Waals surface area contributed by atoms with E-state index in [1.54, 1.807) is 0 Å². The van der Waals surface area contributed by atoms with Gasteiger partial charge in [-0.1, -0.05) is 89.1 Å².